The Balaban J connectivity index is 0.959. The molecule has 0 N–H and O–H groups in total. The van der Waals surface area contributed by atoms with Crippen LogP contribution in [0, 0.1) is 0 Å². The summed E-state index contributed by atoms with van der Waals surface area (Å²) in [6.07, 6.45) is 0. The highest BCUT2D eigenvalue weighted by molar-refractivity contribution is 6.25. The van der Waals surface area contributed by atoms with Gasteiger partial charge in [-0.05, 0) is 86.9 Å². The van der Waals surface area contributed by atoms with E-state index in [2.05, 4.69) is 187 Å². The van der Waals surface area contributed by atoms with Crippen LogP contribution in [0.25, 0.3) is 149 Å². The smallest absolute Gasteiger partial charge is 0.164 e. The van der Waals surface area contributed by atoms with Crippen molar-refractivity contribution in [2.24, 2.45) is 0 Å². The minimum atomic E-state index is 0.564. The highest BCUT2D eigenvalue weighted by Gasteiger charge is 2.22. The molecule has 0 amide bonds. The summed E-state index contributed by atoms with van der Waals surface area (Å²) in [5, 5.41) is 15.9. The van der Waals surface area contributed by atoms with Crippen LogP contribution in [-0.2, 0) is 0 Å². The molecule has 0 fully saturated rings. The molecule has 15 aromatic rings. The summed E-state index contributed by atoms with van der Waals surface area (Å²) in [6, 6.07) is 72.8. The maximum atomic E-state index is 6.89. The first-order valence-electron chi connectivity index (χ1n) is 22.6. The molecule has 0 bridgehead atoms. The highest BCUT2D eigenvalue weighted by atomic mass is 16.3. The van der Waals surface area contributed by atoms with Gasteiger partial charge in [0.25, 0.3) is 0 Å². The third-order valence-corrected chi connectivity index (χ3v) is 13.8. The Bertz CT molecular complexity index is 4590. The predicted molar refractivity (Wildman–Crippen MR) is 275 cm³/mol. The Labute approximate surface area is 381 Å². The lowest BCUT2D eigenvalue weighted by Crippen LogP contribution is -2.00. The van der Waals surface area contributed by atoms with Crippen molar-refractivity contribution < 1.29 is 8.83 Å². The third-order valence-electron chi connectivity index (χ3n) is 13.8. The molecule has 6 heteroatoms. The predicted octanol–water partition coefficient (Wildman–Crippen LogP) is 16.4. The van der Waals surface area contributed by atoms with Crippen LogP contribution in [0.3, 0.4) is 0 Å². The van der Waals surface area contributed by atoms with Gasteiger partial charge < -0.3 is 13.4 Å². The van der Waals surface area contributed by atoms with Gasteiger partial charge in [-0.15, -0.1) is 0 Å². The second-order valence-electron chi connectivity index (χ2n) is 17.5. The molecule has 0 aliphatic carbocycles. The number of fused-ring (bicyclic) bond motifs is 15. The lowest BCUT2D eigenvalue weighted by Gasteiger charge is -2.14. The zero-order valence-electron chi connectivity index (χ0n) is 35.7. The number of rotatable bonds is 4. The van der Waals surface area contributed by atoms with Gasteiger partial charge in [0.05, 0.1) is 16.7 Å². The molecule has 4 aromatic heterocycles. The van der Waals surface area contributed by atoms with E-state index >= 15 is 0 Å². The summed E-state index contributed by atoms with van der Waals surface area (Å²) in [5.74, 6) is 1.72. The van der Waals surface area contributed by atoms with Crippen molar-refractivity contribution in [3.8, 4) is 39.9 Å². The van der Waals surface area contributed by atoms with Gasteiger partial charge in [-0.25, -0.2) is 15.0 Å². The van der Waals surface area contributed by atoms with Crippen LogP contribution in [0.1, 0.15) is 0 Å². The first-order chi connectivity index (χ1) is 33.2. The SMILES string of the molecule is c1ccc2cc(-c3nc(-c4ccc5c(c4)oc4ccccc45)nc(-c4ccc5oc6cc(-n7c8cc9ccccc9cc8c8ccc9ccccc9c87)c7ccccc7c6c5c4)n3)ccc2c1. The van der Waals surface area contributed by atoms with E-state index in [0.29, 0.717) is 17.5 Å². The first-order valence-corrected chi connectivity index (χ1v) is 22.6. The first kappa shape index (κ1) is 36.2. The highest BCUT2D eigenvalue weighted by Crippen LogP contribution is 2.44. The summed E-state index contributed by atoms with van der Waals surface area (Å²) in [5.41, 5.74) is 9.25. The van der Waals surface area contributed by atoms with Crippen LogP contribution in [0.15, 0.2) is 215 Å². The Hall–Kier alpha value is -9.13. The summed E-state index contributed by atoms with van der Waals surface area (Å²) in [4.78, 5) is 15.6. The zero-order chi connectivity index (χ0) is 43.7. The molecule has 0 atom stereocenters. The van der Waals surface area contributed by atoms with E-state index in [1.807, 2.05) is 24.3 Å². The fourth-order valence-corrected chi connectivity index (χ4v) is 10.6. The molecule has 67 heavy (non-hydrogen) atoms. The number of benzene rings is 11. The molecule has 0 unspecified atom stereocenters. The molecular formula is C61H34N4O2. The van der Waals surface area contributed by atoms with Gasteiger partial charge in [-0.2, -0.15) is 0 Å². The van der Waals surface area contributed by atoms with Crippen molar-refractivity contribution in [3.63, 3.8) is 0 Å². The average molecular weight is 855 g/mol. The zero-order valence-corrected chi connectivity index (χ0v) is 35.7. The van der Waals surface area contributed by atoms with E-state index in [1.165, 1.54) is 37.8 Å². The van der Waals surface area contributed by atoms with Gasteiger partial charge in [0.2, 0.25) is 0 Å². The quantitative estimate of drug-likeness (QED) is 0.176. The van der Waals surface area contributed by atoms with E-state index in [9.17, 15) is 0 Å². The number of para-hydroxylation sites is 1. The Kier molecular flexibility index (Phi) is 7.40. The molecule has 0 saturated carbocycles. The molecule has 0 radical (unpaired) electrons. The minimum Gasteiger partial charge on any atom is -0.456 e. The van der Waals surface area contributed by atoms with E-state index in [0.717, 1.165) is 93.3 Å². The van der Waals surface area contributed by atoms with Gasteiger partial charge in [-0.3, -0.25) is 0 Å². The second kappa shape index (κ2) is 13.7. The van der Waals surface area contributed by atoms with E-state index in [1.54, 1.807) is 0 Å². The van der Waals surface area contributed by atoms with E-state index in [4.69, 9.17) is 23.8 Å². The maximum absolute atomic E-state index is 6.89. The lowest BCUT2D eigenvalue weighted by molar-refractivity contribution is 0.668. The van der Waals surface area contributed by atoms with Crippen molar-refractivity contribution in [2.75, 3.05) is 0 Å². The Morgan fingerprint density at radius 2 is 0.836 bits per heavy atom. The molecule has 4 heterocycles. The summed E-state index contributed by atoms with van der Waals surface area (Å²) < 4.78 is 15.7. The summed E-state index contributed by atoms with van der Waals surface area (Å²) in [7, 11) is 0. The summed E-state index contributed by atoms with van der Waals surface area (Å²) >= 11 is 0. The van der Waals surface area contributed by atoms with Crippen LogP contribution >= 0.6 is 0 Å². The van der Waals surface area contributed by atoms with Crippen molar-refractivity contribution in [3.05, 3.63) is 206 Å². The van der Waals surface area contributed by atoms with Gasteiger partial charge >= 0.3 is 0 Å². The minimum absolute atomic E-state index is 0.564. The third kappa shape index (κ3) is 5.41. The molecule has 0 spiro atoms. The van der Waals surface area contributed by atoms with E-state index < -0.39 is 0 Å². The van der Waals surface area contributed by atoms with Gasteiger partial charge in [0.15, 0.2) is 17.5 Å². The fourth-order valence-electron chi connectivity index (χ4n) is 10.6. The van der Waals surface area contributed by atoms with Crippen LogP contribution in [0.4, 0.5) is 0 Å². The Morgan fingerprint density at radius 3 is 1.64 bits per heavy atom. The molecule has 0 aliphatic heterocycles. The maximum Gasteiger partial charge on any atom is 0.164 e. The van der Waals surface area contributed by atoms with E-state index in [-0.39, 0.29) is 0 Å². The molecule has 0 saturated heterocycles. The average Bonchev–Trinajstić information content (AvgIpc) is 4.06. The van der Waals surface area contributed by atoms with Crippen LogP contribution in [0.5, 0.6) is 0 Å². The fraction of sp³-hybridized carbons (Fsp3) is 0. The lowest BCUT2D eigenvalue weighted by atomic mass is 10.0. The van der Waals surface area contributed by atoms with Gasteiger partial charge in [0, 0.05) is 65.8 Å². The van der Waals surface area contributed by atoms with Crippen molar-refractivity contribution in [2.45, 2.75) is 0 Å². The second-order valence-corrected chi connectivity index (χ2v) is 17.5. The van der Waals surface area contributed by atoms with Gasteiger partial charge in [-0.1, -0.05) is 146 Å². The Morgan fingerprint density at radius 1 is 0.299 bits per heavy atom. The molecule has 310 valence electrons. The normalized spacial score (nSPS) is 12.2. The summed E-state index contributed by atoms with van der Waals surface area (Å²) in [6.45, 7) is 0. The molecule has 11 aromatic carbocycles. The molecule has 0 aliphatic rings. The van der Waals surface area contributed by atoms with Crippen molar-refractivity contribution >= 4 is 109 Å². The van der Waals surface area contributed by atoms with Crippen LogP contribution in [0.2, 0.25) is 0 Å². The topological polar surface area (TPSA) is 69.9 Å². The standard InChI is InChI=1S/C61H34N4O2/c1-2-13-37-29-40(22-21-35(37)11-1)59-62-60(64-61(63-59)42-24-26-46-45-18-9-10-20-53(45)66-55(46)33-42)41-25-28-54-50(31-41)57-47-19-8-7-17-44(47)52(34-56(57)67-54)65-51-32-39-15-4-3-14-38(39)30-49(51)48-27-23-36-12-5-6-16-43(36)58(48)65/h1-34H. The van der Waals surface area contributed by atoms with Gasteiger partial charge in [0.1, 0.15) is 22.3 Å². The van der Waals surface area contributed by atoms with Crippen molar-refractivity contribution in [1.82, 2.24) is 19.5 Å². The number of nitrogens with zero attached hydrogens (tertiary/aromatic N) is 4. The molecule has 6 nitrogen and oxygen atoms in total. The monoisotopic (exact) mass is 854 g/mol. The largest absolute Gasteiger partial charge is 0.456 e. The molecular weight excluding hydrogens is 821 g/mol. The van der Waals surface area contributed by atoms with Crippen molar-refractivity contribution in [1.29, 1.82) is 0 Å². The molecule has 15 rings (SSSR count). The number of furan rings is 2. The number of aromatic nitrogens is 4. The number of hydrogen-bond donors (Lipinski definition) is 0. The number of hydrogen-bond acceptors (Lipinski definition) is 5. The van der Waals surface area contributed by atoms with Crippen LogP contribution < -0.4 is 0 Å². The van der Waals surface area contributed by atoms with Crippen LogP contribution in [-0.4, -0.2) is 19.5 Å².